The van der Waals surface area contributed by atoms with Crippen LogP contribution in [0.3, 0.4) is 0 Å². The number of aromatic nitrogens is 6. The third-order valence-electron chi connectivity index (χ3n) is 7.23. The molecule has 0 unspecified atom stereocenters. The van der Waals surface area contributed by atoms with Crippen molar-refractivity contribution in [3.63, 3.8) is 0 Å². The summed E-state index contributed by atoms with van der Waals surface area (Å²) in [6, 6.07) is 23.3. The molecule has 10 heteroatoms. The molecule has 0 aliphatic heterocycles. The average Bonchev–Trinajstić information content (AvgIpc) is 3.02. The van der Waals surface area contributed by atoms with E-state index >= 15 is 0 Å². The van der Waals surface area contributed by atoms with E-state index in [9.17, 15) is 9.59 Å². The van der Waals surface area contributed by atoms with Crippen molar-refractivity contribution >= 4 is 50.3 Å². The van der Waals surface area contributed by atoms with Crippen LogP contribution in [0, 0.1) is 0 Å². The summed E-state index contributed by atoms with van der Waals surface area (Å²) in [6.45, 7) is 1.87. The second kappa shape index (κ2) is 10.2. The van der Waals surface area contributed by atoms with Gasteiger partial charge in [0.25, 0.3) is 5.56 Å². The van der Waals surface area contributed by atoms with Gasteiger partial charge in [0.1, 0.15) is 23.2 Å². The molecule has 42 heavy (non-hydrogen) atoms. The Bertz CT molecular complexity index is 2260. The maximum atomic E-state index is 14.5. The van der Waals surface area contributed by atoms with Gasteiger partial charge in [0.2, 0.25) is 0 Å². The zero-order chi connectivity index (χ0) is 28.8. The van der Waals surface area contributed by atoms with Gasteiger partial charge in [-0.25, -0.2) is 15.0 Å². The average molecular weight is 572 g/mol. The summed E-state index contributed by atoms with van der Waals surface area (Å²) in [5.74, 6) is 0.331. The van der Waals surface area contributed by atoms with Gasteiger partial charge in [-0.15, -0.1) is 0 Å². The van der Waals surface area contributed by atoms with Gasteiger partial charge >= 0.3 is 0 Å². The molecule has 2 N–H and O–H groups in total. The van der Waals surface area contributed by atoms with Gasteiger partial charge in [0.05, 0.1) is 45.1 Å². The van der Waals surface area contributed by atoms with Crippen molar-refractivity contribution in [3.8, 4) is 16.9 Å². The highest BCUT2D eigenvalue weighted by atomic mass is 35.5. The number of fused-ring (bicyclic) bond motifs is 3. The molecule has 0 saturated heterocycles. The van der Waals surface area contributed by atoms with Crippen LogP contribution in [0.2, 0.25) is 5.02 Å². The molecule has 0 aliphatic carbocycles. The fourth-order valence-electron chi connectivity index (χ4n) is 5.33. The van der Waals surface area contributed by atoms with Crippen LogP contribution < -0.4 is 16.3 Å². The molecule has 0 radical (unpaired) electrons. The van der Waals surface area contributed by atoms with E-state index in [2.05, 4.69) is 25.3 Å². The third kappa shape index (κ3) is 4.18. The molecule has 0 aliphatic rings. The fourth-order valence-corrected chi connectivity index (χ4v) is 5.74. The molecule has 7 rings (SSSR count). The molecule has 3 aromatic carbocycles. The Balaban J connectivity index is 1.48. The second-order valence-corrected chi connectivity index (χ2v) is 10.2. The first-order valence-electron chi connectivity index (χ1n) is 13.2. The zero-order valence-electron chi connectivity index (χ0n) is 22.2. The predicted molar refractivity (Wildman–Crippen MR) is 165 cm³/mol. The van der Waals surface area contributed by atoms with Crippen LogP contribution in [0.1, 0.15) is 18.7 Å². The highest BCUT2D eigenvalue weighted by Gasteiger charge is 2.24. The van der Waals surface area contributed by atoms with E-state index < -0.39 is 6.04 Å². The summed E-state index contributed by atoms with van der Waals surface area (Å²) < 4.78 is 1.61. The maximum absolute atomic E-state index is 14.5. The number of benzene rings is 3. The van der Waals surface area contributed by atoms with E-state index in [1.54, 1.807) is 10.8 Å². The largest absolute Gasteiger partial charge is 0.361 e. The van der Waals surface area contributed by atoms with Crippen LogP contribution in [0.5, 0.6) is 0 Å². The molecule has 4 heterocycles. The van der Waals surface area contributed by atoms with Crippen LogP contribution in [-0.4, -0.2) is 29.5 Å². The monoisotopic (exact) mass is 571 g/mol. The van der Waals surface area contributed by atoms with Crippen molar-refractivity contribution < 1.29 is 0 Å². The normalized spacial score (nSPS) is 12.1. The Morgan fingerprint density at radius 2 is 1.64 bits per heavy atom. The van der Waals surface area contributed by atoms with Gasteiger partial charge in [-0.1, -0.05) is 60.1 Å². The number of aromatic amines is 1. The highest BCUT2D eigenvalue weighted by molar-refractivity contribution is 6.36. The smallest absolute Gasteiger partial charge is 0.264 e. The fraction of sp³-hybridized carbons (Fsp3) is 0.0625. The van der Waals surface area contributed by atoms with Crippen LogP contribution >= 0.6 is 11.6 Å². The Hall–Kier alpha value is -5.41. The van der Waals surface area contributed by atoms with Crippen LogP contribution in [0.15, 0.2) is 107 Å². The van der Waals surface area contributed by atoms with E-state index in [1.807, 2.05) is 79.7 Å². The number of para-hydroxylation sites is 3. The minimum absolute atomic E-state index is 0.231. The van der Waals surface area contributed by atoms with Crippen molar-refractivity contribution in [3.05, 3.63) is 129 Å². The molecule has 0 saturated carbocycles. The number of pyridine rings is 2. The first-order valence-corrected chi connectivity index (χ1v) is 13.6. The van der Waals surface area contributed by atoms with Crippen molar-refractivity contribution in [1.82, 2.24) is 29.5 Å². The molecule has 0 fully saturated rings. The third-order valence-corrected chi connectivity index (χ3v) is 7.63. The number of anilines is 1. The Morgan fingerprint density at radius 1 is 0.857 bits per heavy atom. The van der Waals surface area contributed by atoms with Crippen molar-refractivity contribution in [2.45, 2.75) is 13.0 Å². The molecule has 0 spiro atoms. The van der Waals surface area contributed by atoms with Crippen molar-refractivity contribution in [2.75, 3.05) is 5.32 Å². The lowest BCUT2D eigenvalue weighted by Crippen LogP contribution is -2.27. The zero-order valence-corrected chi connectivity index (χ0v) is 23.0. The van der Waals surface area contributed by atoms with Gasteiger partial charge in [-0.05, 0) is 31.2 Å². The van der Waals surface area contributed by atoms with Gasteiger partial charge < -0.3 is 10.3 Å². The molecule has 1 atom stereocenters. The molecule has 0 bridgehead atoms. The lowest BCUT2D eigenvalue weighted by molar-refractivity contribution is 0.774. The number of rotatable bonds is 5. The van der Waals surface area contributed by atoms with E-state index in [-0.39, 0.29) is 11.0 Å². The molecule has 0 amide bonds. The number of nitrogens with one attached hydrogen (secondary N) is 2. The van der Waals surface area contributed by atoms with E-state index in [4.69, 9.17) is 16.6 Å². The first-order chi connectivity index (χ1) is 20.5. The standard InChI is InChI=1S/C32H22ClN7O2/c1-18(38-31-27-25(41)14-15-34-30(27)36-17-37-31)29-28(33)21-11-7-10-20(24-16-35-22-12-5-6-13-23(22)39-24)26(21)32(42)40(29)19-8-3-2-4-9-19/h2-18H,1H3,(H2,34,36,37,38,41)/t18-/m0/s1. The van der Waals surface area contributed by atoms with Crippen LogP contribution in [0.25, 0.3) is 49.8 Å². The second-order valence-electron chi connectivity index (χ2n) is 9.80. The van der Waals surface area contributed by atoms with E-state index in [0.717, 1.165) is 11.0 Å². The SMILES string of the molecule is C[C@H](Nc1ncnc2[nH]ccc(=O)c12)c1c(Cl)c2cccc(-c3cnc4ccccc4n3)c2c(=O)n1-c1ccccc1. The molecule has 204 valence electrons. The van der Waals surface area contributed by atoms with Crippen molar-refractivity contribution in [2.24, 2.45) is 0 Å². The summed E-state index contributed by atoms with van der Waals surface area (Å²) >= 11 is 7.20. The van der Waals surface area contributed by atoms with E-state index in [0.29, 0.717) is 55.3 Å². The molecular formula is C32H22ClN7O2. The molecular weight excluding hydrogens is 550 g/mol. The lowest BCUT2D eigenvalue weighted by atomic mass is 10.0. The quantitative estimate of drug-likeness (QED) is 0.258. The summed E-state index contributed by atoms with van der Waals surface area (Å²) in [5, 5.41) is 5.02. The summed E-state index contributed by atoms with van der Waals surface area (Å²) in [6.07, 6.45) is 4.58. The molecule has 4 aromatic heterocycles. The Labute approximate surface area is 243 Å². The van der Waals surface area contributed by atoms with Gasteiger partial charge in [-0.3, -0.25) is 19.1 Å². The molecule has 7 aromatic rings. The predicted octanol–water partition coefficient (Wildman–Crippen LogP) is 6.06. The summed E-state index contributed by atoms with van der Waals surface area (Å²) in [4.78, 5) is 48.1. The Morgan fingerprint density at radius 3 is 2.48 bits per heavy atom. The van der Waals surface area contributed by atoms with Crippen molar-refractivity contribution in [1.29, 1.82) is 0 Å². The Kier molecular flexibility index (Phi) is 6.21. The van der Waals surface area contributed by atoms with Gasteiger partial charge in [0.15, 0.2) is 5.43 Å². The topological polar surface area (TPSA) is 118 Å². The van der Waals surface area contributed by atoms with Gasteiger partial charge in [0, 0.05) is 28.9 Å². The van der Waals surface area contributed by atoms with Crippen LogP contribution in [0.4, 0.5) is 5.82 Å². The minimum Gasteiger partial charge on any atom is -0.361 e. The molecule has 9 nitrogen and oxygen atoms in total. The highest BCUT2D eigenvalue weighted by Crippen LogP contribution is 2.36. The number of hydrogen-bond donors (Lipinski definition) is 2. The van der Waals surface area contributed by atoms with Crippen LogP contribution in [-0.2, 0) is 0 Å². The van der Waals surface area contributed by atoms with Gasteiger partial charge in [-0.2, -0.15) is 0 Å². The number of hydrogen-bond acceptors (Lipinski definition) is 7. The summed E-state index contributed by atoms with van der Waals surface area (Å²) in [7, 11) is 0. The number of halogens is 1. The first kappa shape index (κ1) is 25.6. The van der Waals surface area contributed by atoms with E-state index in [1.165, 1.54) is 18.6 Å². The number of nitrogens with zero attached hydrogens (tertiary/aromatic N) is 5. The number of H-pyrrole nitrogens is 1. The lowest BCUT2D eigenvalue weighted by Gasteiger charge is -2.24. The summed E-state index contributed by atoms with van der Waals surface area (Å²) in [5.41, 5.74) is 3.74. The minimum atomic E-state index is -0.545. The maximum Gasteiger partial charge on any atom is 0.264 e.